The lowest BCUT2D eigenvalue weighted by atomic mass is 10.1. The highest BCUT2D eigenvalue weighted by atomic mass is 32.2. The first-order valence-corrected chi connectivity index (χ1v) is 8.39. The Morgan fingerprint density at radius 1 is 1.33 bits per heavy atom. The molecule has 106 valence electrons. The van der Waals surface area contributed by atoms with Gasteiger partial charge in [0.2, 0.25) is 5.91 Å². The van der Waals surface area contributed by atoms with Crippen molar-refractivity contribution in [3.8, 4) is 0 Å². The number of hydrogen-bond donors (Lipinski definition) is 2. The summed E-state index contributed by atoms with van der Waals surface area (Å²) in [6.45, 7) is 6.63. The Bertz CT molecular complexity index is 375. The van der Waals surface area contributed by atoms with E-state index in [1.165, 1.54) is 0 Å². The second kappa shape index (κ2) is 6.52. The number of hydrogen-bond acceptors (Lipinski definition) is 4. The van der Waals surface area contributed by atoms with Crippen molar-refractivity contribution in [1.29, 1.82) is 0 Å². The summed E-state index contributed by atoms with van der Waals surface area (Å²) in [7, 11) is -3.34. The molecule has 0 spiro atoms. The van der Waals surface area contributed by atoms with E-state index in [9.17, 15) is 13.2 Å². The van der Waals surface area contributed by atoms with Crippen molar-refractivity contribution in [3.63, 3.8) is 0 Å². The van der Waals surface area contributed by atoms with Crippen LogP contribution in [-0.4, -0.2) is 44.5 Å². The van der Waals surface area contributed by atoms with Crippen LogP contribution in [0, 0.1) is 5.92 Å². The molecule has 1 aliphatic rings. The van der Waals surface area contributed by atoms with Gasteiger partial charge < -0.3 is 10.6 Å². The SMILES string of the molecule is CCNC(CS(=O)(=O)CC(=O)NC1CC1)C(C)C. The monoisotopic (exact) mass is 276 g/mol. The summed E-state index contributed by atoms with van der Waals surface area (Å²) in [5, 5.41) is 5.86. The molecule has 0 aromatic heterocycles. The molecule has 1 saturated carbocycles. The highest BCUT2D eigenvalue weighted by molar-refractivity contribution is 7.92. The lowest BCUT2D eigenvalue weighted by molar-refractivity contribution is -0.118. The maximum Gasteiger partial charge on any atom is 0.235 e. The number of carbonyl (C=O) groups excluding carboxylic acids is 1. The van der Waals surface area contributed by atoms with E-state index in [1.54, 1.807) is 0 Å². The van der Waals surface area contributed by atoms with Crippen LogP contribution in [0.15, 0.2) is 0 Å². The van der Waals surface area contributed by atoms with Gasteiger partial charge in [-0.2, -0.15) is 0 Å². The molecule has 0 heterocycles. The van der Waals surface area contributed by atoms with Crippen LogP contribution in [0.1, 0.15) is 33.6 Å². The number of carbonyl (C=O) groups is 1. The molecule has 0 aliphatic heterocycles. The molecular formula is C12H24N2O3S. The summed E-state index contributed by atoms with van der Waals surface area (Å²) in [6.07, 6.45) is 1.94. The Morgan fingerprint density at radius 3 is 2.39 bits per heavy atom. The molecule has 1 unspecified atom stereocenters. The van der Waals surface area contributed by atoms with E-state index in [0.29, 0.717) is 0 Å². The van der Waals surface area contributed by atoms with E-state index in [-0.39, 0.29) is 29.7 Å². The van der Waals surface area contributed by atoms with Crippen LogP contribution in [0.3, 0.4) is 0 Å². The second-order valence-electron chi connectivity index (χ2n) is 5.30. The Balaban J connectivity index is 2.47. The van der Waals surface area contributed by atoms with Gasteiger partial charge in [0.1, 0.15) is 5.75 Å². The van der Waals surface area contributed by atoms with Gasteiger partial charge in [0.05, 0.1) is 5.75 Å². The lowest BCUT2D eigenvalue weighted by Gasteiger charge is -2.21. The molecule has 0 radical (unpaired) electrons. The number of amides is 1. The van der Waals surface area contributed by atoms with Crippen molar-refractivity contribution in [3.05, 3.63) is 0 Å². The van der Waals surface area contributed by atoms with Crippen LogP contribution in [0.5, 0.6) is 0 Å². The van der Waals surface area contributed by atoms with Crippen LogP contribution in [-0.2, 0) is 14.6 Å². The molecular weight excluding hydrogens is 252 g/mol. The van der Waals surface area contributed by atoms with Gasteiger partial charge in [-0.15, -0.1) is 0 Å². The van der Waals surface area contributed by atoms with Crippen molar-refractivity contribution < 1.29 is 13.2 Å². The Kier molecular flexibility index (Phi) is 5.59. The standard InChI is InChI=1S/C12H24N2O3S/c1-4-13-11(9(2)3)7-18(16,17)8-12(15)14-10-5-6-10/h9-11,13H,4-8H2,1-3H3,(H,14,15). The summed E-state index contributed by atoms with van der Waals surface area (Å²) in [6, 6.07) is 0.121. The zero-order chi connectivity index (χ0) is 13.8. The van der Waals surface area contributed by atoms with Gasteiger partial charge in [0, 0.05) is 12.1 Å². The van der Waals surface area contributed by atoms with Crippen molar-refractivity contribution >= 4 is 15.7 Å². The maximum absolute atomic E-state index is 11.9. The third-order valence-electron chi connectivity index (χ3n) is 3.00. The highest BCUT2D eigenvalue weighted by Gasteiger charge is 2.27. The molecule has 1 rings (SSSR count). The molecule has 0 bridgehead atoms. The van der Waals surface area contributed by atoms with E-state index in [2.05, 4.69) is 10.6 Å². The predicted molar refractivity (Wildman–Crippen MR) is 72.1 cm³/mol. The third-order valence-corrected chi connectivity index (χ3v) is 4.57. The van der Waals surface area contributed by atoms with E-state index in [4.69, 9.17) is 0 Å². The number of nitrogens with one attached hydrogen (secondary N) is 2. The highest BCUT2D eigenvalue weighted by Crippen LogP contribution is 2.18. The van der Waals surface area contributed by atoms with Crippen LogP contribution < -0.4 is 10.6 Å². The summed E-state index contributed by atoms with van der Waals surface area (Å²) >= 11 is 0. The molecule has 1 fully saturated rings. The van der Waals surface area contributed by atoms with Crippen molar-refractivity contribution in [2.75, 3.05) is 18.1 Å². The van der Waals surface area contributed by atoms with Gasteiger partial charge in [-0.3, -0.25) is 4.79 Å². The van der Waals surface area contributed by atoms with Gasteiger partial charge in [-0.05, 0) is 25.3 Å². The van der Waals surface area contributed by atoms with Crippen LogP contribution in [0.4, 0.5) is 0 Å². The first-order valence-electron chi connectivity index (χ1n) is 6.57. The van der Waals surface area contributed by atoms with Gasteiger partial charge in [-0.1, -0.05) is 20.8 Å². The molecule has 1 atom stereocenters. The van der Waals surface area contributed by atoms with Crippen molar-refractivity contribution in [1.82, 2.24) is 10.6 Å². The molecule has 1 amide bonds. The lowest BCUT2D eigenvalue weighted by Crippen LogP contribution is -2.42. The fraction of sp³-hybridized carbons (Fsp3) is 0.917. The molecule has 0 aromatic rings. The molecule has 1 aliphatic carbocycles. The summed E-state index contributed by atoms with van der Waals surface area (Å²) in [5.41, 5.74) is 0. The van der Waals surface area contributed by atoms with E-state index < -0.39 is 15.6 Å². The Hall–Kier alpha value is -0.620. The maximum atomic E-state index is 11.9. The largest absolute Gasteiger partial charge is 0.352 e. The smallest absolute Gasteiger partial charge is 0.235 e. The topological polar surface area (TPSA) is 75.3 Å². The molecule has 0 saturated heterocycles. The summed E-state index contributed by atoms with van der Waals surface area (Å²) in [5.74, 6) is -0.503. The fourth-order valence-electron chi connectivity index (χ4n) is 1.78. The number of sulfone groups is 1. The molecule has 2 N–H and O–H groups in total. The molecule has 5 nitrogen and oxygen atoms in total. The minimum Gasteiger partial charge on any atom is -0.352 e. The van der Waals surface area contributed by atoms with Gasteiger partial charge >= 0.3 is 0 Å². The van der Waals surface area contributed by atoms with Crippen LogP contribution in [0.25, 0.3) is 0 Å². The average molecular weight is 276 g/mol. The van der Waals surface area contributed by atoms with Crippen LogP contribution in [0.2, 0.25) is 0 Å². The normalized spacial score (nSPS) is 17.8. The molecule has 6 heteroatoms. The van der Waals surface area contributed by atoms with Gasteiger partial charge in [0.15, 0.2) is 9.84 Å². The third kappa shape index (κ3) is 5.82. The zero-order valence-electron chi connectivity index (χ0n) is 11.4. The summed E-state index contributed by atoms with van der Waals surface area (Å²) in [4.78, 5) is 11.5. The predicted octanol–water partition coefficient (Wildman–Crippen LogP) is 0.314. The Morgan fingerprint density at radius 2 is 1.94 bits per heavy atom. The quantitative estimate of drug-likeness (QED) is 0.669. The molecule has 18 heavy (non-hydrogen) atoms. The van der Waals surface area contributed by atoms with E-state index >= 15 is 0 Å². The Labute approximate surface area is 110 Å². The van der Waals surface area contributed by atoms with Gasteiger partial charge in [-0.25, -0.2) is 8.42 Å². The first-order chi connectivity index (χ1) is 8.34. The minimum atomic E-state index is -3.34. The summed E-state index contributed by atoms with van der Waals surface area (Å²) < 4.78 is 23.9. The van der Waals surface area contributed by atoms with Crippen molar-refractivity contribution in [2.24, 2.45) is 5.92 Å². The van der Waals surface area contributed by atoms with E-state index in [0.717, 1.165) is 19.4 Å². The van der Waals surface area contributed by atoms with Crippen molar-refractivity contribution in [2.45, 2.75) is 45.7 Å². The fourth-order valence-corrected chi connectivity index (χ4v) is 3.43. The minimum absolute atomic E-state index is 0.0244. The number of rotatable bonds is 8. The average Bonchev–Trinajstić information content (AvgIpc) is 2.99. The second-order valence-corrected chi connectivity index (χ2v) is 7.41. The first kappa shape index (κ1) is 15.4. The van der Waals surface area contributed by atoms with Crippen LogP contribution >= 0.6 is 0 Å². The zero-order valence-corrected chi connectivity index (χ0v) is 12.2. The molecule has 0 aromatic carbocycles. The van der Waals surface area contributed by atoms with E-state index in [1.807, 2.05) is 20.8 Å². The van der Waals surface area contributed by atoms with Gasteiger partial charge in [0.25, 0.3) is 0 Å².